The van der Waals surface area contributed by atoms with Gasteiger partial charge >= 0.3 is 0 Å². The predicted molar refractivity (Wildman–Crippen MR) is 107 cm³/mol. The summed E-state index contributed by atoms with van der Waals surface area (Å²) in [5.41, 5.74) is 2.14. The van der Waals surface area contributed by atoms with E-state index in [0.717, 1.165) is 11.5 Å². The van der Waals surface area contributed by atoms with Gasteiger partial charge in [-0.1, -0.05) is 32.0 Å². The molecule has 0 aliphatic rings. The van der Waals surface area contributed by atoms with Crippen molar-refractivity contribution in [3.63, 3.8) is 0 Å². The van der Waals surface area contributed by atoms with Crippen molar-refractivity contribution in [2.24, 2.45) is 0 Å². The third kappa shape index (κ3) is 5.34. The first-order chi connectivity index (χ1) is 12.4. The molecule has 1 aromatic carbocycles. The molecule has 0 amide bonds. The smallest absolute Gasteiger partial charge is 0.186 e. The first-order valence-electron chi connectivity index (χ1n) is 8.99. The van der Waals surface area contributed by atoms with Gasteiger partial charge in [-0.15, -0.1) is 0 Å². The van der Waals surface area contributed by atoms with Crippen LogP contribution in [0.4, 0.5) is 11.5 Å². The van der Waals surface area contributed by atoms with Crippen molar-refractivity contribution in [1.82, 2.24) is 15.0 Å². The lowest BCUT2D eigenvalue weighted by Crippen LogP contribution is -2.33. The standard InChI is InChI=1S/C17H20N4OSi.C2H6/c1-23(2,3)22-13-21(14-7-5-4-6-8-14)16-10-9-15-17(20-16)19-12-11-18-15;1-2/h4-12H,13H2,1-3H3;1-2H3/i12D;. The van der Waals surface area contributed by atoms with Crippen LogP contribution in [0.15, 0.2) is 54.8 Å². The van der Waals surface area contributed by atoms with E-state index in [9.17, 15) is 0 Å². The molecule has 6 heteroatoms. The van der Waals surface area contributed by atoms with Crippen molar-refractivity contribution in [3.8, 4) is 0 Å². The van der Waals surface area contributed by atoms with E-state index in [-0.39, 0.29) is 6.17 Å². The average molecular weight is 356 g/mol. The highest BCUT2D eigenvalue weighted by Crippen LogP contribution is 2.25. The number of hydrogen-bond acceptors (Lipinski definition) is 5. The molecule has 2 aromatic heterocycles. The predicted octanol–water partition coefficient (Wildman–Crippen LogP) is 5.00. The summed E-state index contributed by atoms with van der Waals surface area (Å²) in [6.07, 6.45) is 1.53. The third-order valence-corrected chi connectivity index (χ3v) is 4.24. The second-order valence-corrected chi connectivity index (χ2v) is 10.7. The molecule has 3 aromatic rings. The van der Waals surface area contributed by atoms with Gasteiger partial charge in [0.15, 0.2) is 14.0 Å². The highest BCUT2D eigenvalue weighted by atomic mass is 28.4. The Morgan fingerprint density at radius 1 is 1.04 bits per heavy atom. The minimum atomic E-state index is -1.68. The van der Waals surface area contributed by atoms with E-state index in [1.807, 2.05) is 61.2 Å². The highest BCUT2D eigenvalue weighted by Gasteiger charge is 2.18. The summed E-state index contributed by atoms with van der Waals surface area (Å²) in [6.45, 7) is 10.9. The Morgan fingerprint density at radius 3 is 2.44 bits per heavy atom. The molecule has 2 heterocycles. The largest absolute Gasteiger partial charge is 0.400 e. The molecule has 0 aliphatic heterocycles. The summed E-state index contributed by atoms with van der Waals surface area (Å²) < 4.78 is 13.7. The van der Waals surface area contributed by atoms with Crippen LogP contribution >= 0.6 is 0 Å². The molecule has 0 atom stereocenters. The third-order valence-electron chi connectivity index (χ3n) is 3.24. The molecular weight excluding hydrogens is 328 g/mol. The molecule has 3 rings (SSSR count). The average Bonchev–Trinajstić information content (AvgIpc) is 2.63. The van der Waals surface area contributed by atoms with Crippen LogP contribution in [0.3, 0.4) is 0 Å². The summed E-state index contributed by atoms with van der Waals surface area (Å²) in [6, 6.07) is 13.8. The Bertz CT molecular complexity index is 840. The summed E-state index contributed by atoms with van der Waals surface area (Å²) in [5, 5.41) is 0. The molecule has 0 spiro atoms. The van der Waals surface area contributed by atoms with Gasteiger partial charge in [0.2, 0.25) is 0 Å². The molecule has 0 saturated carbocycles. The van der Waals surface area contributed by atoms with Crippen LogP contribution in [0, 0.1) is 0 Å². The van der Waals surface area contributed by atoms with E-state index >= 15 is 0 Å². The van der Waals surface area contributed by atoms with Gasteiger partial charge in [0.05, 0.1) is 1.37 Å². The molecule has 0 saturated heterocycles. The molecule has 0 fully saturated rings. The Labute approximate surface area is 152 Å². The fraction of sp³-hybridized carbons (Fsp3) is 0.316. The molecule has 0 aliphatic carbocycles. The maximum Gasteiger partial charge on any atom is 0.186 e. The van der Waals surface area contributed by atoms with Gasteiger partial charge in [0.1, 0.15) is 18.1 Å². The zero-order valence-electron chi connectivity index (χ0n) is 16.5. The van der Waals surface area contributed by atoms with Gasteiger partial charge in [-0.05, 0) is 43.9 Å². The summed E-state index contributed by atoms with van der Waals surface area (Å²) in [5.74, 6) is 0.729. The molecule has 0 N–H and O–H groups in total. The summed E-state index contributed by atoms with van der Waals surface area (Å²) in [7, 11) is -1.68. The van der Waals surface area contributed by atoms with E-state index in [4.69, 9.17) is 5.80 Å². The number of nitrogens with zero attached hydrogens (tertiary/aromatic N) is 4. The Hall–Kier alpha value is -2.31. The quantitative estimate of drug-likeness (QED) is 0.476. The molecule has 0 bridgehead atoms. The molecule has 0 radical (unpaired) electrons. The van der Waals surface area contributed by atoms with Gasteiger partial charge < -0.3 is 9.33 Å². The van der Waals surface area contributed by atoms with Crippen LogP contribution in [0.2, 0.25) is 19.6 Å². The number of benzene rings is 1. The van der Waals surface area contributed by atoms with Gasteiger partial charge in [-0.2, -0.15) is 0 Å². The van der Waals surface area contributed by atoms with Crippen molar-refractivity contribution < 1.29 is 5.80 Å². The summed E-state index contributed by atoms with van der Waals surface area (Å²) >= 11 is 0. The van der Waals surface area contributed by atoms with Crippen LogP contribution in [0.25, 0.3) is 11.2 Å². The van der Waals surface area contributed by atoms with Crippen molar-refractivity contribution in [1.29, 1.82) is 0 Å². The Balaban J connectivity index is 0.00000117. The first-order valence-corrected chi connectivity index (χ1v) is 11.9. The fourth-order valence-electron chi connectivity index (χ4n) is 2.09. The van der Waals surface area contributed by atoms with Crippen LogP contribution in [0.5, 0.6) is 0 Å². The number of pyridine rings is 1. The van der Waals surface area contributed by atoms with Gasteiger partial charge in [-0.25, -0.2) is 9.97 Å². The van der Waals surface area contributed by atoms with Crippen LogP contribution < -0.4 is 4.90 Å². The van der Waals surface area contributed by atoms with Gasteiger partial charge in [0, 0.05) is 18.1 Å². The topological polar surface area (TPSA) is 51.1 Å². The lowest BCUT2D eigenvalue weighted by Gasteiger charge is -2.27. The van der Waals surface area contributed by atoms with Crippen LogP contribution in [0.1, 0.15) is 15.2 Å². The SMILES string of the molecule is CC.[2H]c1cnc2ccc(N(CO[Si](C)(C)C)c3ccccc3)nc2n1. The molecular formula is C19H26N4OSi. The Morgan fingerprint density at radius 2 is 1.76 bits per heavy atom. The lowest BCUT2D eigenvalue weighted by atomic mass is 10.3. The molecule has 25 heavy (non-hydrogen) atoms. The number of aromatic nitrogens is 3. The van der Waals surface area contributed by atoms with E-state index in [1.54, 1.807) is 0 Å². The normalized spacial score (nSPS) is 11.5. The second kappa shape index (κ2) is 8.69. The minimum Gasteiger partial charge on any atom is -0.400 e. The van der Waals surface area contributed by atoms with E-state index in [2.05, 4.69) is 34.6 Å². The van der Waals surface area contributed by atoms with Crippen molar-refractivity contribution in [2.75, 3.05) is 11.6 Å². The van der Waals surface area contributed by atoms with Crippen molar-refractivity contribution in [3.05, 3.63) is 54.8 Å². The number of hydrogen-bond donors (Lipinski definition) is 0. The van der Waals surface area contributed by atoms with E-state index in [1.165, 1.54) is 6.20 Å². The fourth-order valence-corrected chi connectivity index (χ4v) is 2.61. The second-order valence-electron chi connectivity index (χ2n) is 6.16. The molecule has 5 nitrogen and oxygen atoms in total. The van der Waals surface area contributed by atoms with Crippen molar-refractivity contribution >= 4 is 31.0 Å². The maximum atomic E-state index is 7.64. The minimum absolute atomic E-state index is 0.108. The zero-order valence-corrected chi connectivity index (χ0v) is 16.5. The number of para-hydroxylation sites is 1. The van der Waals surface area contributed by atoms with Crippen molar-refractivity contribution in [2.45, 2.75) is 33.5 Å². The lowest BCUT2D eigenvalue weighted by molar-refractivity contribution is 0.320. The number of fused-ring (bicyclic) bond motifs is 1. The monoisotopic (exact) mass is 355 g/mol. The van der Waals surface area contributed by atoms with Crippen LogP contribution in [-0.4, -0.2) is 30.0 Å². The van der Waals surface area contributed by atoms with E-state index in [0.29, 0.717) is 17.9 Å². The molecule has 132 valence electrons. The zero-order chi connectivity index (χ0) is 19.2. The molecule has 0 unspecified atom stereocenters. The summed E-state index contributed by atoms with van der Waals surface area (Å²) in [4.78, 5) is 14.9. The maximum absolute atomic E-state index is 7.64. The van der Waals surface area contributed by atoms with Crippen LogP contribution in [-0.2, 0) is 4.43 Å². The van der Waals surface area contributed by atoms with Gasteiger partial charge in [0.25, 0.3) is 0 Å². The Kier molecular flexibility index (Phi) is 6.08. The first kappa shape index (κ1) is 17.5. The highest BCUT2D eigenvalue weighted by molar-refractivity contribution is 6.69. The van der Waals surface area contributed by atoms with E-state index < -0.39 is 8.32 Å². The number of rotatable bonds is 5. The number of anilines is 2. The van der Waals surface area contributed by atoms with Gasteiger partial charge in [-0.3, -0.25) is 4.98 Å².